The summed E-state index contributed by atoms with van der Waals surface area (Å²) in [6, 6.07) is 0. The summed E-state index contributed by atoms with van der Waals surface area (Å²) in [5.74, 6) is -0.419. The number of carbonyl (C=O) groups excluding carboxylic acids is 1. The summed E-state index contributed by atoms with van der Waals surface area (Å²) in [7, 11) is -3.00. The molecule has 8 nitrogen and oxygen atoms in total. The van der Waals surface area contributed by atoms with E-state index >= 15 is 0 Å². The number of ether oxygens (including phenoxy) is 5. The van der Waals surface area contributed by atoms with Gasteiger partial charge in [0.1, 0.15) is 12.2 Å². The normalized spacial score (nSPS) is 29.7. The molecule has 2 heterocycles. The molecule has 0 bridgehead atoms. The van der Waals surface area contributed by atoms with Crippen molar-refractivity contribution in [1.82, 2.24) is 0 Å². The lowest BCUT2D eigenvalue weighted by Crippen LogP contribution is -2.66. The van der Waals surface area contributed by atoms with Gasteiger partial charge in [0.05, 0.1) is 24.7 Å². The SMILES string of the molecule is C=C[C@@](C)(CC1OCCO1)C(=O)O[C@H]1[C@H](O[Si](C)(C)C(C)(C)C)[C@@H](O[Si](C)(C)C(C)(C)C)[C@@H](OC)O[C@@H]1C. The van der Waals surface area contributed by atoms with Crippen molar-refractivity contribution in [2.45, 2.75) is 135 Å². The highest BCUT2D eigenvalue weighted by Gasteiger charge is 2.55. The second kappa shape index (κ2) is 12.1. The second-order valence-corrected chi connectivity index (χ2v) is 23.5. The molecular weight excluding hydrogens is 520 g/mol. The van der Waals surface area contributed by atoms with E-state index in [0.29, 0.717) is 19.6 Å². The van der Waals surface area contributed by atoms with Crippen LogP contribution in [0.5, 0.6) is 0 Å². The van der Waals surface area contributed by atoms with Crippen molar-refractivity contribution in [3.8, 4) is 0 Å². The molecule has 0 spiro atoms. The van der Waals surface area contributed by atoms with Crippen LogP contribution in [0.2, 0.25) is 36.3 Å². The van der Waals surface area contributed by atoms with Crippen LogP contribution >= 0.6 is 0 Å². The Bertz CT molecular complexity index is 813. The Kier molecular flexibility index (Phi) is 10.7. The molecule has 2 rings (SSSR count). The third kappa shape index (κ3) is 7.57. The molecule has 0 aromatic heterocycles. The minimum absolute atomic E-state index is 0.0508. The Labute approximate surface area is 233 Å². The number of hydrogen-bond donors (Lipinski definition) is 0. The molecule has 38 heavy (non-hydrogen) atoms. The van der Waals surface area contributed by atoms with Crippen LogP contribution in [-0.4, -0.2) is 79.9 Å². The first-order chi connectivity index (χ1) is 17.2. The van der Waals surface area contributed by atoms with E-state index in [4.69, 9.17) is 32.5 Å². The molecule has 0 amide bonds. The summed E-state index contributed by atoms with van der Waals surface area (Å²) in [4.78, 5) is 13.7. The summed E-state index contributed by atoms with van der Waals surface area (Å²) in [5.41, 5.74) is -1.01. The van der Waals surface area contributed by atoms with Crippen molar-refractivity contribution >= 4 is 22.6 Å². The van der Waals surface area contributed by atoms with Gasteiger partial charge >= 0.3 is 5.97 Å². The molecule has 10 heteroatoms. The molecule has 0 aromatic rings. The summed E-state index contributed by atoms with van der Waals surface area (Å²) in [6.07, 6.45) is -1.53. The molecule has 2 aliphatic rings. The third-order valence-corrected chi connectivity index (χ3v) is 17.8. The first kappa shape index (κ1) is 33.6. The maximum Gasteiger partial charge on any atom is 0.316 e. The Hall–Kier alpha value is -0.596. The highest BCUT2D eigenvalue weighted by Crippen LogP contribution is 2.44. The summed E-state index contributed by atoms with van der Waals surface area (Å²) >= 11 is 0. The number of hydrogen-bond acceptors (Lipinski definition) is 8. The molecule has 0 unspecified atom stereocenters. The van der Waals surface area contributed by atoms with Gasteiger partial charge in [-0.1, -0.05) is 47.6 Å². The maximum absolute atomic E-state index is 13.7. The van der Waals surface area contributed by atoms with Crippen LogP contribution in [0.15, 0.2) is 12.7 Å². The van der Waals surface area contributed by atoms with Gasteiger partial charge in [-0.05, 0) is 50.1 Å². The van der Waals surface area contributed by atoms with Crippen LogP contribution in [0.1, 0.15) is 61.8 Å². The molecular formula is C28H54O8Si2. The van der Waals surface area contributed by atoms with Crippen LogP contribution in [0.4, 0.5) is 0 Å². The fourth-order valence-electron chi connectivity index (χ4n) is 4.00. The van der Waals surface area contributed by atoms with Gasteiger partial charge in [-0.15, -0.1) is 6.58 Å². The largest absolute Gasteiger partial charge is 0.456 e. The van der Waals surface area contributed by atoms with Gasteiger partial charge in [-0.25, -0.2) is 0 Å². The standard InChI is InChI=1S/C28H54O8Si2/c1-15-28(9,18-20-31-16-17-32-20)25(29)34-21-19(2)33-24(30-10)23(36-38(13,14)27(6,7)8)22(21)35-37(11,12)26(3,4)5/h15,19-24H,1,16-18H2,2-14H3/t19-,21-,22+,23-,24+,28+/m1/s1. The molecule has 0 aliphatic carbocycles. The van der Waals surface area contributed by atoms with E-state index in [9.17, 15) is 4.79 Å². The van der Waals surface area contributed by atoms with Gasteiger partial charge in [0.25, 0.3) is 0 Å². The minimum atomic E-state index is -2.33. The fraction of sp³-hybridized carbons (Fsp3) is 0.893. The van der Waals surface area contributed by atoms with Crippen molar-refractivity contribution in [2.24, 2.45) is 5.41 Å². The van der Waals surface area contributed by atoms with E-state index in [1.807, 2.05) is 6.92 Å². The van der Waals surface area contributed by atoms with E-state index < -0.39 is 65.0 Å². The molecule has 222 valence electrons. The van der Waals surface area contributed by atoms with Crippen LogP contribution in [0, 0.1) is 5.41 Å². The molecule has 2 saturated heterocycles. The predicted octanol–water partition coefficient (Wildman–Crippen LogP) is 6.03. The van der Waals surface area contributed by atoms with Crippen molar-refractivity contribution in [3.05, 3.63) is 12.7 Å². The van der Waals surface area contributed by atoms with Crippen LogP contribution in [0.25, 0.3) is 0 Å². The van der Waals surface area contributed by atoms with E-state index in [1.165, 1.54) is 0 Å². The van der Waals surface area contributed by atoms with Gasteiger partial charge < -0.3 is 32.5 Å². The molecule has 0 saturated carbocycles. The Morgan fingerprint density at radius 2 is 1.37 bits per heavy atom. The monoisotopic (exact) mass is 574 g/mol. The van der Waals surface area contributed by atoms with Crippen molar-refractivity contribution in [2.75, 3.05) is 20.3 Å². The van der Waals surface area contributed by atoms with E-state index in [1.54, 1.807) is 20.1 Å². The fourth-order valence-corrected chi connectivity index (χ4v) is 6.58. The van der Waals surface area contributed by atoms with Gasteiger partial charge in [0.2, 0.25) is 0 Å². The molecule has 0 radical (unpaired) electrons. The highest BCUT2D eigenvalue weighted by molar-refractivity contribution is 6.74. The number of esters is 1. The van der Waals surface area contributed by atoms with Gasteiger partial charge in [-0.3, -0.25) is 4.79 Å². The zero-order valence-corrected chi connectivity index (χ0v) is 28.1. The molecule has 0 aromatic carbocycles. The van der Waals surface area contributed by atoms with Crippen molar-refractivity contribution in [3.63, 3.8) is 0 Å². The number of rotatable bonds is 10. The first-order valence-corrected chi connectivity index (χ1v) is 19.6. The molecule has 2 aliphatic heterocycles. The Morgan fingerprint density at radius 3 is 1.79 bits per heavy atom. The second-order valence-electron chi connectivity index (χ2n) is 14.0. The smallest absolute Gasteiger partial charge is 0.316 e. The third-order valence-electron chi connectivity index (χ3n) is 8.87. The first-order valence-electron chi connectivity index (χ1n) is 13.8. The average molecular weight is 575 g/mol. The molecule has 0 N–H and O–H groups in total. The van der Waals surface area contributed by atoms with Crippen LogP contribution in [0.3, 0.4) is 0 Å². The lowest BCUT2D eigenvalue weighted by molar-refractivity contribution is -0.284. The lowest BCUT2D eigenvalue weighted by atomic mass is 9.86. The summed E-state index contributed by atoms with van der Waals surface area (Å²) in [5, 5.41) is -0.120. The molecule has 6 atom stereocenters. The average Bonchev–Trinajstić information content (AvgIpc) is 3.28. The predicted molar refractivity (Wildman–Crippen MR) is 154 cm³/mol. The lowest BCUT2D eigenvalue weighted by Gasteiger charge is -2.52. The summed E-state index contributed by atoms with van der Waals surface area (Å²) in [6.45, 7) is 30.6. The minimum Gasteiger partial charge on any atom is -0.456 e. The van der Waals surface area contributed by atoms with Crippen molar-refractivity contribution < 1.29 is 37.3 Å². The Balaban J connectivity index is 2.49. The van der Waals surface area contributed by atoms with Crippen LogP contribution < -0.4 is 0 Å². The quantitative estimate of drug-likeness (QED) is 0.178. The van der Waals surface area contributed by atoms with E-state index in [-0.39, 0.29) is 10.1 Å². The maximum atomic E-state index is 13.7. The highest BCUT2D eigenvalue weighted by atomic mass is 28.4. The van der Waals surface area contributed by atoms with Gasteiger partial charge in [0, 0.05) is 13.5 Å². The number of methoxy groups -OCH3 is 1. The molecule has 2 fully saturated rings. The van der Waals surface area contributed by atoms with Gasteiger partial charge in [0.15, 0.2) is 35.3 Å². The topological polar surface area (TPSA) is 81.7 Å². The zero-order chi connectivity index (χ0) is 29.3. The van der Waals surface area contributed by atoms with Crippen molar-refractivity contribution in [1.29, 1.82) is 0 Å². The van der Waals surface area contributed by atoms with E-state index in [0.717, 1.165) is 0 Å². The summed E-state index contributed by atoms with van der Waals surface area (Å²) < 4.78 is 43.6. The van der Waals surface area contributed by atoms with Crippen LogP contribution in [-0.2, 0) is 37.3 Å². The Morgan fingerprint density at radius 1 is 0.895 bits per heavy atom. The number of carbonyl (C=O) groups is 1. The zero-order valence-electron chi connectivity index (χ0n) is 26.1. The van der Waals surface area contributed by atoms with Gasteiger partial charge in [-0.2, -0.15) is 0 Å². The van der Waals surface area contributed by atoms with E-state index in [2.05, 4.69) is 74.3 Å².